The molecule has 0 unspecified atom stereocenters. The Kier molecular flexibility index (Phi) is 6.22. The first kappa shape index (κ1) is 20.2. The highest BCUT2D eigenvalue weighted by molar-refractivity contribution is 6.32. The number of benzene rings is 1. The molecule has 10 heteroatoms. The number of halogens is 4. The first-order valence-electron chi connectivity index (χ1n) is 7.79. The molecule has 6 nitrogen and oxygen atoms in total. The minimum Gasteiger partial charge on any atom is -0.496 e. The molecule has 1 aromatic carbocycles. The summed E-state index contributed by atoms with van der Waals surface area (Å²) in [6.45, 7) is 0.350. The van der Waals surface area contributed by atoms with Gasteiger partial charge in [-0.3, -0.25) is 14.6 Å². The van der Waals surface area contributed by atoms with Crippen molar-refractivity contribution in [2.45, 2.75) is 25.4 Å². The zero-order valence-electron chi connectivity index (χ0n) is 14.2. The van der Waals surface area contributed by atoms with E-state index in [1.165, 1.54) is 26.4 Å². The summed E-state index contributed by atoms with van der Waals surface area (Å²) in [5.74, 6) is -1.14. The van der Waals surface area contributed by atoms with Crippen LogP contribution in [0.2, 0.25) is 5.02 Å². The van der Waals surface area contributed by atoms with Gasteiger partial charge in [0.15, 0.2) is 5.75 Å². The Balaban J connectivity index is 2.28. The van der Waals surface area contributed by atoms with Gasteiger partial charge in [0.05, 0.1) is 25.7 Å². The van der Waals surface area contributed by atoms with Crippen molar-refractivity contribution in [1.29, 1.82) is 0 Å². The number of amides is 2. The van der Waals surface area contributed by atoms with Crippen molar-refractivity contribution in [2.24, 2.45) is 0 Å². The third-order valence-corrected chi connectivity index (χ3v) is 4.18. The zero-order valence-corrected chi connectivity index (χ0v) is 15.0. The van der Waals surface area contributed by atoms with Crippen LogP contribution in [-0.4, -0.2) is 55.3 Å². The fourth-order valence-corrected chi connectivity index (χ4v) is 2.93. The summed E-state index contributed by atoms with van der Waals surface area (Å²) in [5.41, 5.74) is 0.0121. The molecule has 2 rings (SSSR count). The van der Waals surface area contributed by atoms with Gasteiger partial charge in [-0.2, -0.15) is 13.2 Å². The number of hydrogen-bond acceptors (Lipinski definition) is 4. The van der Waals surface area contributed by atoms with Crippen molar-refractivity contribution >= 4 is 23.4 Å². The van der Waals surface area contributed by atoms with Crippen LogP contribution in [0.1, 0.15) is 29.6 Å². The van der Waals surface area contributed by atoms with Gasteiger partial charge in [-0.05, 0) is 18.6 Å². The largest absolute Gasteiger partial charge is 0.496 e. The van der Waals surface area contributed by atoms with Gasteiger partial charge >= 0.3 is 6.18 Å². The molecule has 0 aliphatic carbocycles. The molecule has 1 aromatic rings. The number of hydrogen-bond donors (Lipinski definition) is 0. The Morgan fingerprint density at radius 1 is 1.15 bits per heavy atom. The van der Waals surface area contributed by atoms with Crippen LogP contribution in [0.3, 0.4) is 0 Å². The predicted molar refractivity (Wildman–Crippen MR) is 87.2 cm³/mol. The van der Waals surface area contributed by atoms with Crippen LogP contribution in [0, 0.1) is 0 Å². The van der Waals surface area contributed by atoms with E-state index in [4.69, 9.17) is 21.1 Å². The van der Waals surface area contributed by atoms with Crippen molar-refractivity contribution in [3.05, 3.63) is 22.7 Å². The second kappa shape index (κ2) is 8.03. The molecule has 0 radical (unpaired) electrons. The Bertz CT molecular complexity index is 697. The molecule has 1 fully saturated rings. The Morgan fingerprint density at radius 3 is 2.38 bits per heavy atom. The monoisotopic (exact) mass is 394 g/mol. The van der Waals surface area contributed by atoms with E-state index in [1.54, 1.807) is 0 Å². The van der Waals surface area contributed by atoms with E-state index in [1.807, 2.05) is 0 Å². The molecule has 1 aliphatic rings. The van der Waals surface area contributed by atoms with Gasteiger partial charge in [0.2, 0.25) is 5.91 Å². The van der Waals surface area contributed by atoms with Crippen LogP contribution in [0.15, 0.2) is 12.1 Å². The van der Waals surface area contributed by atoms with E-state index < -0.39 is 30.8 Å². The third kappa shape index (κ3) is 4.32. The zero-order chi connectivity index (χ0) is 19.5. The summed E-state index contributed by atoms with van der Waals surface area (Å²) < 4.78 is 47.4. The van der Waals surface area contributed by atoms with E-state index >= 15 is 0 Å². The van der Waals surface area contributed by atoms with Crippen LogP contribution in [-0.2, 0) is 4.79 Å². The van der Waals surface area contributed by atoms with E-state index in [-0.39, 0.29) is 35.2 Å². The summed E-state index contributed by atoms with van der Waals surface area (Å²) in [5, 5.41) is 2.31. The van der Waals surface area contributed by atoms with Crippen LogP contribution < -0.4 is 9.47 Å². The maximum absolute atomic E-state index is 13.0. The van der Waals surface area contributed by atoms with Crippen molar-refractivity contribution in [3.63, 3.8) is 0 Å². The number of alkyl halides is 3. The minimum absolute atomic E-state index is 0.0121. The normalized spacial score (nSPS) is 14.5. The Hall–Kier alpha value is -2.16. The quantitative estimate of drug-likeness (QED) is 0.769. The first-order valence-corrected chi connectivity index (χ1v) is 8.16. The van der Waals surface area contributed by atoms with Gasteiger partial charge in [-0.25, -0.2) is 5.01 Å². The highest BCUT2D eigenvalue weighted by Gasteiger charge is 2.36. The van der Waals surface area contributed by atoms with Crippen LogP contribution >= 0.6 is 11.6 Å². The number of carbonyl (C=O) groups excluding carboxylic acids is 2. The fraction of sp³-hybridized carbons (Fsp3) is 0.500. The van der Waals surface area contributed by atoms with Crippen LogP contribution in [0.25, 0.3) is 0 Å². The second-order valence-electron chi connectivity index (χ2n) is 5.57. The van der Waals surface area contributed by atoms with Crippen molar-refractivity contribution < 1.29 is 32.2 Å². The number of hydrazine groups is 1. The maximum Gasteiger partial charge on any atom is 0.389 e. The van der Waals surface area contributed by atoms with Crippen molar-refractivity contribution in [3.8, 4) is 11.5 Å². The lowest BCUT2D eigenvalue weighted by molar-refractivity contribution is -0.154. The molecule has 0 bridgehead atoms. The molecular weight excluding hydrogens is 377 g/mol. The van der Waals surface area contributed by atoms with Gasteiger partial charge in [-0.15, -0.1) is 0 Å². The van der Waals surface area contributed by atoms with Crippen LogP contribution in [0.5, 0.6) is 11.5 Å². The topological polar surface area (TPSA) is 59.1 Å². The Morgan fingerprint density at radius 2 is 1.81 bits per heavy atom. The highest BCUT2D eigenvalue weighted by Crippen LogP contribution is 2.37. The predicted octanol–water partition coefficient (Wildman–Crippen LogP) is 3.29. The standard InChI is InChI=1S/C16H18ClF3N2O4/c1-25-11-5-4-10(17)14(26-2)13(11)15(24)22-9-3-8-21(22)12(23)6-7-16(18,19)20/h4-5H,3,6-9H2,1-2H3. The average Bonchev–Trinajstić information content (AvgIpc) is 3.07. The van der Waals surface area contributed by atoms with Gasteiger partial charge in [0.1, 0.15) is 11.3 Å². The smallest absolute Gasteiger partial charge is 0.389 e. The van der Waals surface area contributed by atoms with Crippen molar-refractivity contribution in [1.82, 2.24) is 10.0 Å². The molecule has 0 atom stereocenters. The molecule has 26 heavy (non-hydrogen) atoms. The number of methoxy groups -OCH3 is 2. The second-order valence-corrected chi connectivity index (χ2v) is 5.98. The molecule has 1 saturated heterocycles. The summed E-state index contributed by atoms with van der Waals surface area (Å²) in [7, 11) is 2.68. The summed E-state index contributed by atoms with van der Waals surface area (Å²) in [6.07, 6.45) is -5.95. The van der Waals surface area contributed by atoms with E-state index in [9.17, 15) is 22.8 Å². The molecule has 144 valence electrons. The lowest BCUT2D eigenvalue weighted by atomic mass is 10.1. The van der Waals surface area contributed by atoms with Gasteiger partial charge < -0.3 is 9.47 Å². The van der Waals surface area contributed by atoms with E-state index in [2.05, 4.69) is 0 Å². The molecule has 0 spiro atoms. The lowest BCUT2D eigenvalue weighted by Gasteiger charge is -2.29. The molecule has 2 amide bonds. The molecule has 0 saturated carbocycles. The molecule has 1 heterocycles. The SMILES string of the molecule is COc1ccc(Cl)c(OC)c1C(=O)N1CCCN1C(=O)CCC(F)(F)F. The first-order chi connectivity index (χ1) is 12.2. The molecule has 1 aliphatic heterocycles. The van der Waals surface area contributed by atoms with E-state index in [0.29, 0.717) is 6.42 Å². The maximum atomic E-state index is 13.0. The number of nitrogens with zero attached hydrogens (tertiary/aromatic N) is 2. The summed E-state index contributed by atoms with van der Waals surface area (Å²) in [6, 6.07) is 2.97. The summed E-state index contributed by atoms with van der Waals surface area (Å²) >= 11 is 6.05. The minimum atomic E-state index is -4.44. The molecular formula is C16H18ClF3N2O4. The lowest BCUT2D eigenvalue weighted by Crippen LogP contribution is -2.45. The number of rotatable bonds is 5. The van der Waals surface area contributed by atoms with E-state index in [0.717, 1.165) is 10.0 Å². The molecule has 0 N–H and O–H groups in total. The van der Waals surface area contributed by atoms with Gasteiger partial charge in [0.25, 0.3) is 5.91 Å². The van der Waals surface area contributed by atoms with Gasteiger partial charge in [0, 0.05) is 19.5 Å². The Labute approximate surface area is 153 Å². The average molecular weight is 395 g/mol. The number of carbonyl (C=O) groups is 2. The highest BCUT2D eigenvalue weighted by atomic mass is 35.5. The van der Waals surface area contributed by atoms with Crippen LogP contribution in [0.4, 0.5) is 13.2 Å². The number of ether oxygens (including phenoxy) is 2. The fourth-order valence-electron chi connectivity index (χ4n) is 2.70. The third-order valence-electron chi connectivity index (χ3n) is 3.89. The van der Waals surface area contributed by atoms with Crippen molar-refractivity contribution in [2.75, 3.05) is 27.3 Å². The molecule has 0 aromatic heterocycles. The van der Waals surface area contributed by atoms with Gasteiger partial charge in [-0.1, -0.05) is 11.6 Å². The summed E-state index contributed by atoms with van der Waals surface area (Å²) in [4.78, 5) is 25.1.